The Bertz CT molecular complexity index is 1140. The van der Waals surface area contributed by atoms with Crippen LogP contribution >= 0.6 is 0 Å². The molecule has 4 atom stereocenters. The predicted molar refractivity (Wildman–Crippen MR) is 108 cm³/mol. The Hall–Kier alpha value is -3.39. The van der Waals surface area contributed by atoms with Crippen LogP contribution in [0.5, 0.6) is 5.75 Å². The van der Waals surface area contributed by atoms with Crippen molar-refractivity contribution in [2.45, 2.75) is 24.7 Å². The summed E-state index contributed by atoms with van der Waals surface area (Å²) in [5, 5.41) is 25.9. The molecule has 1 saturated heterocycles. The number of hydrogen-bond donors (Lipinski definition) is 2. The number of halogens is 2. The minimum atomic E-state index is -1.06. The minimum Gasteiger partial charge on any atom is -0.507 e. The SMILES string of the molecule is C=C(c1ccc(-c2ccc(-n3cc(F)cn3)cc2O)nn1)[C@H]1CC2C=CC(N2)[C@H]1F. The van der Waals surface area contributed by atoms with Gasteiger partial charge in [0.1, 0.15) is 11.9 Å². The van der Waals surface area contributed by atoms with E-state index in [1.165, 1.54) is 16.9 Å². The lowest BCUT2D eigenvalue weighted by Crippen LogP contribution is -2.47. The van der Waals surface area contributed by atoms with Crippen LogP contribution in [0, 0.1) is 11.7 Å². The second kappa shape index (κ2) is 7.14. The van der Waals surface area contributed by atoms with E-state index in [9.17, 15) is 13.9 Å². The summed E-state index contributed by atoms with van der Waals surface area (Å²) in [6.45, 7) is 4.08. The van der Waals surface area contributed by atoms with Crippen LogP contribution in [-0.2, 0) is 0 Å². The minimum absolute atomic E-state index is 0.0332. The molecule has 2 aromatic heterocycles. The van der Waals surface area contributed by atoms with Gasteiger partial charge < -0.3 is 10.4 Å². The number of nitrogens with one attached hydrogen (secondary N) is 1. The predicted octanol–water partition coefficient (Wildman–Crippen LogP) is 3.44. The fraction of sp³-hybridized carbons (Fsp3) is 0.227. The van der Waals surface area contributed by atoms with E-state index in [-0.39, 0.29) is 23.8 Å². The number of rotatable bonds is 4. The van der Waals surface area contributed by atoms with Crippen molar-refractivity contribution in [2.75, 3.05) is 0 Å². The number of allylic oxidation sites excluding steroid dienone is 1. The highest BCUT2D eigenvalue weighted by Gasteiger charge is 2.40. The molecule has 4 heterocycles. The van der Waals surface area contributed by atoms with E-state index in [2.05, 4.69) is 27.2 Å². The molecule has 6 nitrogen and oxygen atoms in total. The average Bonchev–Trinajstić information content (AvgIpc) is 3.37. The number of aromatic nitrogens is 4. The van der Waals surface area contributed by atoms with Crippen LogP contribution in [-0.4, -0.2) is 43.3 Å². The molecule has 152 valence electrons. The monoisotopic (exact) mass is 407 g/mol. The third-order valence-electron chi connectivity index (χ3n) is 5.71. The van der Waals surface area contributed by atoms with E-state index in [1.54, 1.807) is 24.3 Å². The molecule has 3 aromatic rings. The summed E-state index contributed by atoms with van der Waals surface area (Å²) >= 11 is 0. The van der Waals surface area contributed by atoms with E-state index in [1.807, 2.05) is 12.2 Å². The Morgan fingerprint density at radius 2 is 2.07 bits per heavy atom. The molecule has 2 N–H and O–H groups in total. The number of aromatic hydroxyl groups is 1. The fourth-order valence-electron chi connectivity index (χ4n) is 4.10. The number of phenolic OH excluding ortho intramolecular Hbond substituents is 1. The molecular formula is C22H19F2N5O. The van der Waals surface area contributed by atoms with E-state index in [0.717, 1.165) is 6.20 Å². The van der Waals surface area contributed by atoms with Crippen molar-refractivity contribution in [1.29, 1.82) is 0 Å². The summed E-state index contributed by atoms with van der Waals surface area (Å²) in [4.78, 5) is 0. The standard InChI is InChI=1S/C22H19F2N5O/c1-12(17-8-14-2-5-20(26-14)22(17)24)18-6-7-19(28-27-18)16-4-3-15(9-21(16)30)29-11-13(23)10-25-29/h2-7,9-11,14,17,20,22,26,30H,1,8H2/t14?,17-,20?,22+/m1/s1. The van der Waals surface area contributed by atoms with Crippen LogP contribution in [0.2, 0.25) is 0 Å². The van der Waals surface area contributed by atoms with Gasteiger partial charge in [-0.1, -0.05) is 18.7 Å². The van der Waals surface area contributed by atoms with Gasteiger partial charge in [0.25, 0.3) is 0 Å². The number of nitrogens with zero attached hydrogens (tertiary/aromatic N) is 4. The number of piperidine rings is 1. The van der Waals surface area contributed by atoms with Crippen LogP contribution < -0.4 is 5.32 Å². The van der Waals surface area contributed by atoms with Crippen LogP contribution in [0.3, 0.4) is 0 Å². The van der Waals surface area contributed by atoms with Crippen LogP contribution in [0.25, 0.3) is 22.5 Å². The fourth-order valence-corrected chi connectivity index (χ4v) is 4.10. The van der Waals surface area contributed by atoms with Crippen molar-refractivity contribution < 1.29 is 13.9 Å². The van der Waals surface area contributed by atoms with E-state index < -0.39 is 12.0 Å². The molecular weight excluding hydrogens is 388 g/mol. The van der Waals surface area contributed by atoms with Crippen molar-refractivity contribution in [3.05, 3.63) is 73.0 Å². The molecule has 0 saturated carbocycles. The highest BCUT2D eigenvalue weighted by atomic mass is 19.1. The van der Waals surface area contributed by atoms with E-state index in [4.69, 9.17) is 0 Å². The Morgan fingerprint density at radius 1 is 1.20 bits per heavy atom. The second-order valence-corrected chi connectivity index (χ2v) is 7.60. The first-order valence-electron chi connectivity index (χ1n) is 9.65. The molecule has 5 rings (SSSR count). The third-order valence-corrected chi connectivity index (χ3v) is 5.71. The maximum atomic E-state index is 14.8. The summed E-state index contributed by atoms with van der Waals surface area (Å²) in [5.74, 6) is -0.819. The van der Waals surface area contributed by atoms with Gasteiger partial charge in [-0.25, -0.2) is 13.5 Å². The zero-order valence-corrected chi connectivity index (χ0v) is 15.9. The zero-order chi connectivity index (χ0) is 20.8. The molecule has 0 aliphatic carbocycles. The number of alkyl halides is 1. The molecule has 0 amide bonds. The summed E-state index contributed by atoms with van der Waals surface area (Å²) in [5.41, 5.74) is 2.62. The lowest BCUT2D eigenvalue weighted by atomic mass is 9.83. The molecule has 1 aromatic carbocycles. The van der Waals surface area contributed by atoms with Gasteiger partial charge in [-0.2, -0.15) is 10.2 Å². The van der Waals surface area contributed by atoms with Crippen LogP contribution in [0.1, 0.15) is 12.1 Å². The van der Waals surface area contributed by atoms with Gasteiger partial charge in [0.05, 0.1) is 35.5 Å². The average molecular weight is 407 g/mol. The van der Waals surface area contributed by atoms with Gasteiger partial charge >= 0.3 is 0 Å². The molecule has 2 aliphatic heterocycles. The largest absolute Gasteiger partial charge is 0.507 e. The number of phenols is 1. The first-order valence-corrected chi connectivity index (χ1v) is 9.65. The number of fused-ring (bicyclic) bond motifs is 2. The maximum Gasteiger partial charge on any atom is 0.161 e. The summed E-state index contributed by atoms with van der Waals surface area (Å²) < 4.78 is 29.3. The second-order valence-electron chi connectivity index (χ2n) is 7.60. The lowest BCUT2D eigenvalue weighted by molar-refractivity contribution is 0.179. The van der Waals surface area contributed by atoms with Gasteiger partial charge in [0.15, 0.2) is 5.82 Å². The Morgan fingerprint density at radius 3 is 2.77 bits per heavy atom. The number of benzene rings is 1. The zero-order valence-electron chi connectivity index (χ0n) is 15.9. The topological polar surface area (TPSA) is 75.9 Å². The van der Waals surface area contributed by atoms with Gasteiger partial charge in [-0.15, -0.1) is 5.10 Å². The third kappa shape index (κ3) is 3.19. The van der Waals surface area contributed by atoms with Crippen molar-refractivity contribution in [1.82, 2.24) is 25.3 Å². The molecule has 2 aliphatic rings. The van der Waals surface area contributed by atoms with Crippen molar-refractivity contribution in [3.63, 3.8) is 0 Å². The van der Waals surface area contributed by atoms with Gasteiger partial charge in [-0.05, 0) is 36.3 Å². The maximum absolute atomic E-state index is 14.8. The molecule has 2 bridgehead atoms. The van der Waals surface area contributed by atoms with Crippen molar-refractivity contribution >= 4 is 5.57 Å². The molecule has 30 heavy (non-hydrogen) atoms. The highest BCUT2D eigenvalue weighted by molar-refractivity contribution is 5.70. The summed E-state index contributed by atoms with van der Waals surface area (Å²) in [6.07, 6.45) is 5.76. The van der Waals surface area contributed by atoms with E-state index in [0.29, 0.717) is 34.6 Å². The van der Waals surface area contributed by atoms with E-state index >= 15 is 0 Å². The molecule has 8 heteroatoms. The normalized spacial score (nSPS) is 24.9. The number of hydrogen-bond acceptors (Lipinski definition) is 5. The first kappa shape index (κ1) is 18.6. The van der Waals surface area contributed by atoms with Gasteiger partial charge in [-0.3, -0.25) is 0 Å². The summed E-state index contributed by atoms with van der Waals surface area (Å²) in [6, 6.07) is 8.17. The van der Waals surface area contributed by atoms with Crippen LogP contribution in [0.15, 0.2) is 61.5 Å². The first-order chi connectivity index (χ1) is 14.5. The quantitative estimate of drug-likeness (QED) is 0.648. The van der Waals surface area contributed by atoms with Crippen molar-refractivity contribution in [3.8, 4) is 22.7 Å². The Balaban J connectivity index is 1.37. The molecule has 1 fully saturated rings. The molecule has 0 spiro atoms. The highest BCUT2D eigenvalue weighted by Crippen LogP contribution is 2.37. The lowest BCUT2D eigenvalue weighted by Gasteiger charge is -2.33. The van der Waals surface area contributed by atoms with Crippen LogP contribution in [0.4, 0.5) is 8.78 Å². The molecule has 2 unspecified atom stereocenters. The smallest absolute Gasteiger partial charge is 0.161 e. The Labute approximate surface area is 171 Å². The molecule has 0 radical (unpaired) electrons. The van der Waals surface area contributed by atoms with Gasteiger partial charge in [0, 0.05) is 23.6 Å². The summed E-state index contributed by atoms with van der Waals surface area (Å²) in [7, 11) is 0. The van der Waals surface area contributed by atoms with Gasteiger partial charge in [0.2, 0.25) is 0 Å². The Kier molecular flexibility index (Phi) is 4.43. The van der Waals surface area contributed by atoms with Crippen molar-refractivity contribution in [2.24, 2.45) is 5.92 Å².